The molecule has 1 aromatic carbocycles. The van der Waals surface area contributed by atoms with E-state index in [4.69, 9.17) is 13.9 Å². The van der Waals surface area contributed by atoms with Gasteiger partial charge < -0.3 is 13.9 Å². The second-order valence-electron chi connectivity index (χ2n) is 9.81. The maximum Gasteiger partial charge on any atom is 0.416 e. The van der Waals surface area contributed by atoms with Crippen LogP contribution in [-0.2, 0) is 20.8 Å². The summed E-state index contributed by atoms with van der Waals surface area (Å²) in [4.78, 5) is 33.3. The zero-order valence-electron chi connectivity index (χ0n) is 21.3. The number of amides is 1. The van der Waals surface area contributed by atoms with Gasteiger partial charge in [0.25, 0.3) is 0 Å². The van der Waals surface area contributed by atoms with Crippen LogP contribution in [0, 0.1) is 0 Å². The van der Waals surface area contributed by atoms with Crippen LogP contribution >= 0.6 is 0 Å². The van der Waals surface area contributed by atoms with Crippen LogP contribution in [0.3, 0.4) is 0 Å². The molecule has 36 heavy (non-hydrogen) atoms. The Morgan fingerprint density at radius 3 is 2.72 bits per heavy atom. The highest BCUT2D eigenvalue weighted by atomic mass is 16.6. The van der Waals surface area contributed by atoms with Crippen molar-refractivity contribution in [2.75, 3.05) is 24.6 Å². The highest BCUT2D eigenvalue weighted by Crippen LogP contribution is 2.27. The molecule has 8 nitrogen and oxygen atoms in total. The minimum Gasteiger partial charge on any atom is -0.463 e. The summed E-state index contributed by atoms with van der Waals surface area (Å²) < 4.78 is 16.6. The smallest absolute Gasteiger partial charge is 0.416 e. The van der Waals surface area contributed by atoms with Crippen LogP contribution in [0.2, 0.25) is 0 Å². The number of nitrogens with zero attached hydrogens (tertiary/aromatic N) is 3. The Kier molecular flexibility index (Phi) is 7.74. The summed E-state index contributed by atoms with van der Waals surface area (Å²) in [6.07, 6.45) is 4.98. The predicted molar refractivity (Wildman–Crippen MR) is 139 cm³/mol. The summed E-state index contributed by atoms with van der Waals surface area (Å²) >= 11 is 0. The monoisotopic (exact) mass is 491 g/mol. The number of para-hydroxylation sites is 1. The molecule has 1 atom stereocenters. The Balaban J connectivity index is 1.49. The second kappa shape index (κ2) is 11.0. The molecule has 0 N–H and O–H groups in total. The summed E-state index contributed by atoms with van der Waals surface area (Å²) in [5.74, 6) is 0.997. The first-order chi connectivity index (χ1) is 17.2. The first-order valence-electron chi connectivity index (χ1n) is 12.2. The van der Waals surface area contributed by atoms with Crippen molar-refractivity contribution in [2.24, 2.45) is 0 Å². The maximum atomic E-state index is 13.3. The third-order valence-corrected chi connectivity index (χ3v) is 5.77. The molecule has 2 aromatic heterocycles. The fourth-order valence-corrected chi connectivity index (χ4v) is 4.24. The van der Waals surface area contributed by atoms with Crippen LogP contribution in [0.5, 0.6) is 0 Å². The molecule has 1 aliphatic rings. The van der Waals surface area contributed by atoms with Crippen molar-refractivity contribution in [3.63, 3.8) is 0 Å². The number of esters is 1. The first kappa shape index (κ1) is 25.4. The Bertz CT molecular complexity index is 1190. The molecular formula is C28H33N3O5. The number of ether oxygens (including phenoxy) is 2. The number of hydrogen-bond donors (Lipinski definition) is 0. The lowest BCUT2D eigenvalue weighted by Gasteiger charge is -2.31. The van der Waals surface area contributed by atoms with Gasteiger partial charge in [-0.3, -0.25) is 9.80 Å². The summed E-state index contributed by atoms with van der Waals surface area (Å²) in [6.45, 7) is 9.78. The number of fused-ring (bicyclic) bond motifs is 1. The maximum absolute atomic E-state index is 13.3. The van der Waals surface area contributed by atoms with Gasteiger partial charge in [-0.05, 0) is 70.0 Å². The fraction of sp³-hybridized carbons (Fsp3) is 0.393. The number of pyridine rings is 1. The third kappa shape index (κ3) is 6.51. The molecule has 190 valence electrons. The highest BCUT2D eigenvalue weighted by molar-refractivity contribution is 5.88. The van der Waals surface area contributed by atoms with E-state index in [9.17, 15) is 9.59 Å². The lowest BCUT2D eigenvalue weighted by Crippen LogP contribution is -2.45. The van der Waals surface area contributed by atoms with E-state index in [2.05, 4.69) is 16.0 Å². The highest BCUT2D eigenvalue weighted by Gasteiger charge is 2.35. The minimum absolute atomic E-state index is 0.0994. The topological polar surface area (TPSA) is 85.1 Å². The van der Waals surface area contributed by atoms with E-state index in [0.717, 1.165) is 35.3 Å². The van der Waals surface area contributed by atoms with Crippen LogP contribution in [0.4, 0.5) is 10.6 Å². The minimum atomic E-state index is -0.635. The average Bonchev–Trinajstić information content (AvgIpc) is 3.44. The van der Waals surface area contributed by atoms with Gasteiger partial charge in [0, 0.05) is 30.7 Å². The first-order valence-corrected chi connectivity index (χ1v) is 12.2. The lowest BCUT2D eigenvalue weighted by molar-refractivity contribution is -0.137. The quantitative estimate of drug-likeness (QED) is 0.322. The van der Waals surface area contributed by atoms with E-state index in [1.807, 2.05) is 51.1 Å². The number of hydrogen-bond acceptors (Lipinski definition) is 7. The molecule has 1 fully saturated rings. The van der Waals surface area contributed by atoms with Crippen LogP contribution in [0.25, 0.3) is 17.0 Å². The van der Waals surface area contributed by atoms with Gasteiger partial charge in [-0.1, -0.05) is 18.2 Å². The van der Waals surface area contributed by atoms with Crippen molar-refractivity contribution >= 4 is 34.9 Å². The largest absolute Gasteiger partial charge is 0.463 e. The van der Waals surface area contributed by atoms with E-state index in [0.29, 0.717) is 25.5 Å². The molecule has 3 aromatic rings. The SMILES string of the molecule is CCOC(=O)C=Cc1ccc(N(C(=O)OC(C)(C)C)[C@@H]2CCN(Cc3cc4ccccc4o3)C2)nc1. The molecule has 0 radical (unpaired) electrons. The van der Waals surface area contributed by atoms with Gasteiger partial charge in [-0.15, -0.1) is 0 Å². The van der Waals surface area contributed by atoms with Gasteiger partial charge >= 0.3 is 12.1 Å². The van der Waals surface area contributed by atoms with Gasteiger partial charge in [-0.25, -0.2) is 14.6 Å². The fourth-order valence-electron chi connectivity index (χ4n) is 4.24. The van der Waals surface area contributed by atoms with Crippen molar-refractivity contribution in [1.82, 2.24) is 9.88 Å². The van der Waals surface area contributed by atoms with Crippen molar-refractivity contribution in [3.8, 4) is 0 Å². The lowest BCUT2D eigenvalue weighted by atomic mass is 10.2. The number of carbonyl (C=O) groups is 2. The number of aromatic nitrogens is 1. The third-order valence-electron chi connectivity index (χ3n) is 5.77. The molecule has 0 bridgehead atoms. The van der Waals surface area contributed by atoms with Gasteiger partial charge in [0.15, 0.2) is 0 Å². The second-order valence-corrected chi connectivity index (χ2v) is 9.81. The van der Waals surface area contributed by atoms with Crippen LogP contribution in [0.1, 0.15) is 45.4 Å². The van der Waals surface area contributed by atoms with Gasteiger partial charge in [-0.2, -0.15) is 0 Å². The zero-order chi connectivity index (χ0) is 25.7. The molecule has 0 spiro atoms. The predicted octanol–water partition coefficient (Wildman–Crippen LogP) is 5.42. The van der Waals surface area contributed by atoms with Crippen molar-refractivity contribution < 1.29 is 23.5 Å². The Hall–Kier alpha value is -3.65. The summed E-state index contributed by atoms with van der Waals surface area (Å²) in [5, 5.41) is 1.08. The number of rotatable bonds is 7. The zero-order valence-corrected chi connectivity index (χ0v) is 21.3. The van der Waals surface area contributed by atoms with Gasteiger partial charge in [0.2, 0.25) is 0 Å². The molecule has 1 amide bonds. The number of benzene rings is 1. The Labute approximate surface area is 211 Å². The van der Waals surface area contributed by atoms with Crippen molar-refractivity contribution in [1.29, 1.82) is 0 Å². The molecule has 1 aliphatic heterocycles. The number of carbonyl (C=O) groups excluding carboxylic acids is 2. The summed E-state index contributed by atoms with van der Waals surface area (Å²) in [7, 11) is 0. The normalized spacial score (nSPS) is 16.5. The molecule has 1 saturated heterocycles. The van der Waals surface area contributed by atoms with Crippen molar-refractivity contribution in [2.45, 2.75) is 52.3 Å². The Morgan fingerprint density at radius 2 is 2.03 bits per heavy atom. The van der Waals surface area contributed by atoms with Crippen LogP contribution in [0.15, 0.2) is 59.2 Å². The van der Waals surface area contributed by atoms with E-state index in [1.54, 1.807) is 30.2 Å². The van der Waals surface area contributed by atoms with E-state index < -0.39 is 17.7 Å². The molecule has 0 saturated carbocycles. The van der Waals surface area contributed by atoms with Gasteiger partial charge in [0.1, 0.15) is 22.8 Å². The number of anilines is 1. The summed E-state index contributed by atoms with van der Waals surface area (Å²) in [5.41, 5.74) is 0.971. The molecule has 0 aliphatic carbocycles. The molecule has 0 unspecified atom stereocenters. The molecule has 8 heteroatoms. The van der Waals surface area contributed by atoms with E-state index in [-0.39, 0.29) is 6.04 Å². The Morgan fingerprint density at radius 1 is 1.22 bits per heavy atom. The molecule has 4 rings (SSSR count). The molecular weight excluding hydrogens is 458 g/mol. The van der Waals surface area contributed by atoms with Crippen LogP contribution < -0.4 is 4.90 Å². The standard InChI is InChI=1S/C28H33N3O5/c1-5-34-26(32)13-11-20-10-12-25(29-17-20)31(27(33)36-28(2,3)4)22-14-15-30(18-22)19-23-16-21-8-6-7-9-24(21)35-23/h6-13,16-17,22H,5,14-15,18-19H2,1-4H3/t22-/m1/s1. The number of likely N-dealkylation sites (tertiary alicyclic amines) is 1. The number of furan rings is 1. The summed E-state index contributed by atoms with van der Waals surface area (Å²) in [6, 6.07) is 13.5. The van der Waals surface area contributed by atoms with Gasteiger partial charge in [0.05, 0.1) is 19.2 Å². The van der Waals surface area contributed by atoms with E-state index in [1.165, 1.54) is 6.08 Å². The van der Waals surface area contributed by atoms with Crippen molar-refractivity contribution in [3.05, 3.63) is 66.1 Å². The molecule has 3 heterocycles. The average molecular weight is 492 g/mol. The van der Waals surface area contributed by atoms with Crippen LogP contribution in [-0.4, -0.2) is 53.3 Å². The van der Waals surface area contributed by atoms with E-state index >= 15 is 0 Å².